The normalized spacial score (nSPS) is 17.8. The van der Waals surface area contributed by atoms with Gasteiger partial charge in [0.15, 0.2) is 0 Å². The zero-order valence-electron chi connectivity index (χ0n) is 19.2. The molecule has 1 aromatic rings. The molecule has 2 saturated heterocycles. The van der Waals surface area contributed by atoms with Crippen molar-refractivity contribution in [2.45, 2.75) is 36.6 Å². The molecule has 1 aromatic carbocycles. The topological polar surface area (TPSA) is 148 Å². The minimum absolute atomic E-state index is 0.165. The number of halogens is 1. The highest BCUT2D eigenvalue weighted by molar-refractivity contribution is 7.89. The second kappa shape index (κ2) is 12.5. The van der Waals surface area contributed by atoms with E-state index in [4.69, 9.17) is 31.4 Å². The number of hydrogen-bond donors (Lipinski definition) is 3. The number of carbonyl (C=O) groups is 3. The van der Waals surface area contributed by atoms with Crippen molar-refractivity contribution in [3.05, 3.63) is 23.2 Å². The predicted molar refractivity (Wildman–Crippen MR) is 126 cm³/mol. The van der Waals surface area contributed by atoms with Crippen LogP contribution in [0.15, 0.2) is 23.1 Å². The first-order valence-electron chi connectivity index (χ1n) is 10.9. The van der Waals surface area contributed by atoms with Gasteiger partial charge in [-0.1, -0.05) is 11.6 Å². The number of nitrogens with one attached hydrogen (secondary N) is 1. The minimum atomic E-state index is -3.55. The molecule has 3 N–H and O–H groups in total. The fraction of sp³-hybridized carbons (Fsp3) is 0.571. The molecule has 190 valence electrons. The Balaban J connectivity index is 0.000000604. The minimum Gasteiger partial charge on any atom is -0.473 e. The number of aliphatic carboxylic acids is 2. The molecule has 34 heavy (non-hydrogen) atoms. The second-order valence-electron chi connectivity index (χ2n) is 8.36. The molecule has 1 amide bonds. The highest BCUT2D eigenvalue weighted by Gasteiger charge is 2.28. The standard InChI is InChI=1S/C19H29ClN4O3S.C2H2O4/c1-22-11-7-15(8-12-22)23(2)14-19(25)21-18-13-16(5-6-17(18)20)28(26,27)24-9-3-4-10-24;3-1(4)2(5)6/h5-6,13,15H,3-4,7-12,14H2,1-2H3,(H,21,25);(H,3,4)(H,5,6). The van der Waals surface area contributed by atoms with Crippen LogP contribution in [-0.4, -0.2) is 103 Å². The summed E-state index contributed by atoms with van der Waals surface area (Å²) in [6.45, 7) is 3.37. The number of sulfonamides is 1. The van der Waals surface area contributed by atoms with E-state index in [2.05, 4.69) is 22.2 Å². The summed E-state index contributed by atoms with van der Waals surface area (Å²) in [5.74, 6) is -3.84. The quantitative estimate of drug-likeness (QED) is 0.473. The highest BCUT2D eigenvalue weighted by atomic mass is 35.5. The fourth-order valence-corrected chi connectivity index (χ4v) is 5.53. The number of carbonyl (C=O) groups excluding carboxylic acids is 1. The van der Waals surface area contributed by atoms with E-state index in [9.17, 15) is 13.2 Å². The number of rotatable bonds is 6. The number of carboxylic acids is 2. The molecule has 13 heteroatoms. The van der Waals surface area contributed by atoms with Crippen molar-refractivity contribution in [3.63, 3.8) is 0 Å². The molecule has 2 aliphatic heterocycles. The lowest BCUT2D eigenvalue weighted by Crippen LogP contribution is -2.44. The van der Waals surface area contributed by atoms with E-state index in [1.807, 2.05) is 7.05 Å². The first-order chi connectivity index (χ1) is 15.9. The number of benzene rings is 1. The lowest BCUT2D eigenvalue weighted by atomic mass is 10.0. The maximum atomic E-state index is 12.8. The van der Waals surface area contributed by atoms with Crippen LogP contribution in [0.3, 0.4) is 0 Å². The summed E-state index contributed by atoms with van der Waals surface area (Å²) in [5.41, 5.74) is 0.337. The molecule has 0 atom stereocenters. The average Bonchev–Trinajstić information content (AvgIpc) is 3.32. The van der Waals surface area contributed by atoms with Crippen molar-refractivity contribution < 1.29 is 33.0 Å². The monoisotopic (exact) mass is 518 g/mol. The molecule has 0 bridgehead atoms. The van der Waals surface area contributed by atoms with E-state index in [0.717, 1.165) is 38.8 Å². The van der Waals surface area contributed by atoms with Crippen LogP contribution in [0.25, 0.3) is 0 Å². The van der Waals surface area contributed by atoms with E-state index in [1.165, 1.54) is 22.5 Å². The summed E-state index contributed by atoms with van der Waals surface area (Å²) in [4.78, 5) is 35.2. The van der Waals surface area contributed by atoms with Crippen molar-refractivity contribution in [2.24, 2.45) is 0 Å². The molecule has 0 aliphatic carbocycles. The number of nitrogens with zero attached hydrogens (tertiary/aromatic N) is 3. The van der Waals surface area contributed by atoms with Crippen LogP contribution in [-0.2, 0) is 24.4 Å². The third-order valence-corrected chi connectivity index (χ3v) is 8.03. The number of anilines is 1. The molecular formula is C21H31ClN4O7S. The molecule has 0 aromatic heterocycles. The Bertz CT molecular complexity index is 979. The van der Waals surface area contributed by atoms with Crippen LogP contribution in [0.4, 0.5) is 5.69 Å². The van der Waals surface area contributed by atoms with Crippen molar-refractivity contribution in [3.8, 4) is 0 Å². The van der Waals surface area contributed by atoms with E-state index < -0.39 is 22.0 Å². The van der Waals surface area contributed by atoms with Crippen molar-refractivity contribution >= 4 is 45.2 Å². The summed E-state index contributed by atoms with van der Waals surface area (Å²) in [6.07, 6.45) is 3.81. The molecule has 11 nitrogen and oxygen atoms in total. The summed E-state index contributed by atoms with van der Waals surface area (Å²) in [5, 5.41) is 17.9. The Labute approximate surface area is 204 Å². The maximum absolute atomic E-state index is 12.8. The van der Waals surface area contributed by atoms with Gasteiger partial charge < -0.3 is 20.4 Å². The van der Waals surface area contributed by atoms with Crippen LogP contribution in [0, 0.1) is 0 Å². The molecule has 0 radical (unpaired) electrons. The predicted octanol–water partition coefficient (Wildman–Crippen LogP) is 1.24. The van der Waals surface area contributed by atoms with Gasteiger partial charge in [-0.25, -0.2) is 18.0 Å². The van der Waals surface area contributed by atoms with Gasteiger partial charge in [0.25, 0.3) is 0 Å². The first kappa shape index (κ1) is 28.0. The Morgan fingerprint density at radius 1 is 1.09 bits per heavy atom. The largest absolute Gasteiger partial charge is 0.473 e. The number of carboxylic acid groups (broad SMARTS) is 2. The summed E-state index contributed by atoms with van der Waals surface area (Å²) < 4.78 is 27.0. The van der Waals surface area contributed by atoms with Crippen molar-refractivity contribution in [1.29, 1.82) is 0 Å². The highest BCUT2D eigenvalue weighted by Crippen LogP contribution is 2.28. The zero-order chi connectivity index (χ0) is 25.5. The van der Waals surface area contributed by atoms with E-state index in [0.29, 0.717) is 29.8 Å². The van der Waals surface area contributed by atoms with E-state index >= 15 is 0 Å². The molecule has 0 saturated carbocycles. The Morgan fingerprint density at radius 2 is 1.65 bits per heavy atom. The Morgan fingerprint density at radius 3 is 2.18 bits per heavy atom. The Kier molecular flexibility index (Phi) is 10.3. The van der Waals surface area contributed by atoms with E-state index in [-0.39, 0.29) is 17.3 Å². The van der Waals surface area contributed by atoms with Crippen LogP contribution < -0.4 is 5.32 Å². The van der Waals surface area contributed by atoms with E-state index in [1.54, 1.807) is 0 Å². The molecule has 2 aliphatic rings. The lowest BCUT2D eigenvalue weighted by molar-refractivity contribution is -0.159. The summed E-state index contributed by atoms with van der Waals surface area (Å²) in [6, 6.07) is 4.86. The lowest BCUT2D eigenvalue weighted by Gasteiger charge is -2.34. The van der Waals surface area contributed by atoms with Crippen LogP contribution in [0.1, 0.15) is 25.7 Å². The van der Waals surface area contributed by atoms with Crippen LogP contribution in [0.2, 0.25) is 5.02 Å². The van der Waals surface area contributed by atoms with Gasteiger partial charge in [-0.3, -0.25) is 9.69 Å². The number of likely N-dealkylation sites (tertiary alicyclic amines) is 1. The fourth-order valence-electron chi connectivity index (χ4n) is 3.82. The van der Waals surface area contributed by atoms with Gasteiger partial charge in [0.2, 0.25) is 15.9 Å². The smallest absolute Gasteiger partial charge is 0.414 e. The van der Waals surface area contributed by atoms with Gasteiger partial charge in [0, 0.05) is 19.1 Å². The van der Waals surface area contributed by atoms with Crippen molar-refractivity contribution in [1.82, 2.24) is 14.1 Å². The van der Waals surface area contributed by atoms with Gasteiger partial charge in [-0.05, 0) is 71.1 Å². The van der Waals surface area contributed by atoms with Gasteiger partial charge in [-0.15, -0.1) is 0 Å². The molecule has 0 spiro atoms. The molecular weight excluding hydrogens is 488 g/mol. The number of likely N-dealkylation sites (N-methyl/N-ethyl adjacent to an activating group) is 1. The zero-order valence-corrected chi connectivity index (χ0v) is 20.8. The van der Waals surface area contributed by atoms with Gasteiger partial charge in [0.1, 0.15) is 0 Å². The summed E-state index contributed by atoms with van der Waals surface area (Å²) in [7, 11) is 0.504. The number of hydrogen-bond acceptors (Lipinski definition) is 7. The first-order valence-corrected chi connectivity index (χ1v) is 12.7. The van der Waals surface area contributed by atoms with Gasteiger partial charge in [-0.2, -0.15) is 4.31 Å². The van der Waals surface area contributed by atoms with Crippen LogP contribution >= 0.6 is 11.6 Å². The molecule has 0 unspecified atom stereocenters. The van der Waals surface area contributed by atoms with Gasteiger partial charge >= 0.3 is 11.9 Å². The third kappa shape index (κ3) is 7.91. The van der Waals surface area contributed by atoms with Crippen LogP contribution in [0.5, 0.6) is 0 Å². The Hall–Kier alpha value is -2.25. The maximum Gasteiger partial charge on any atom is 0.414 e. The molecule has 2 heterocycles. The SMILES string of the molecule is CN1CCC(N(C)CC(=O)Nc2cc(S(=O)(=O)N3CCCC3)ccc2Cl)CC1.O=C(O)C(=O)O. The van der Waals surface area contributed by atoms with Crippen molar-refractivity contribution in [2.75, 3.05) is 52.1 Å². The van der Waals surface area contributed by atoms with Gasteiger partial charge in [0.05, 0.1) is 22.2 Å². The summed E-state index contributed by atoms with van der Waals surface area (Å²) >= 11 is 6.21. The number of piperidine rings is 1. The second-order valence-corrected chi connectivity index (χ2v) is 10.7. The number of amides is 1. The third-order valence-electron chi connectivity index (χ3n) is 5.80. The molecule has 3 rings (SSSR count). The average molecular weight is 519 g/mol. The molecule has 2 fully saturated rings.